The van der Waals surface area contributed by atoms with Crippen LogP contribution in [0.2, 0.25) is 0 Å². The number of aromatic nitrogens is 4. The van der Waals surface area contributed by atoms with Crippen molar-refractivity contribution >= 4 is 27.5 Å². The number of benzene rings is 1. The van der Waals surface area contributed by atoms with Crippen molar-refractivity contribution in [2.45, 2.75) is 50.1 Å². The van der Waals surface area contributed by atoms with E-state index in [0.29, 0.717) is 11.0 Å². The van der Waals surface area contributed by atoms with E-state index in [2.05, 4.69) is 35.8 Å². The summed E-state index contributed by atoms with van der Waals surface area (Å²) in [5, 5.41) is 23.0. The molecule has 0 bridgehead atoms. The van der Waals surface area contributed by atoms with Crippen LogP contribution in [-0.4, -0.2) is 45.8 Å². The third-order valence-electron chi connectivity index (χ3n) is 5.59. The predicted octanol–water partition coefficient (Wildman–Crippen LogP) is 4.69. The number of amides is 1. The molecule has 1 fully saturated rings. The first-order valence-corrected chi connectivity index (χ1v) is 11.7. The van der Waals surface area contributed by atoms with Gasteiger partial charge in [0.2, 0.25) is 10.3 Å². The second kappa shape index (κ2) is 11.0. The molecule has 2 aromatic heterocycles. The van der Waals surface area contributed by atoms with Crippen LogP contribution < -0.4 is 15.4 Å². The zero-order valence-electron chi connectivity index (χ0n) is 18.7. The van der Waals surface area contributed by atoms with E-state index in [1.807, 2.05) is 12.1 Å². The lowest BCUT2D eigenvalue weighted by molar-refractivity contribution is -0.274. The van der Waals surface area contributed by atoms with E-state index in [9.17, 15) is 18.0 Å². The monoisotopic (exact) mass is 508 g/mol. The molecular formula is C22H23F3N6O3S. The highest BCUT2D eigenvalue weighted by molar-refractivity contribution is 7.19. The molecule has 2 N–H and O–H groups in total. The Labute approximate surface area is 203 Å². The number of hydrogen-bond acceptors (Lipinski definition) is 9. The summed E-state index contributed by atoms with van der Waals surface area (Å²) in [5.41, 5.74) is 1.21. The van der Waals surface area contributed by atoms with Gasteiger partial charge in [0.15, 0.2) is 6.10 Å². The van der Waals surface area contributed by atoms with Gasteiger partial charge in [-0.3, -0.25) is 10.1 Å². The van der Waals surface area contributed by atoms with Gasteiger partial charge in [0.25, 0.3) is 5.91 Å². The highest BCUT2D eigenvalue weighted by Gasteiger charge is 2.32. The van der Waals surface area contributed by atoms with Gasteiger partial charge in [0, 0.05) is 25.3 Å². The van der Waals surface area contributed by atoms with Crippen LogP contribution in [0.5, 0.6) is 5.75 Å². The molecule has 9 nitrogen and oxygen atoms in total. The van der Waals surface area contributed by atoms with Crippen LogP contribution >= 0.6 is 11.3 Å². The number of anilines is 2. The Morgan fingerprint density at radius 2 is 1.86 bits per heavy atom. The average molecular weight is 509 g/mol. The number of methoxy groups -OCH3 is 1. The molecule has 1 aliphatic rings. The van der Waals surface area contributed by atoms with Crippen molar-refractivity contribution in [1.82, 2.24) is 20.4 Å². The van der Waals surface area contributed by atoms with Crippen molar-refractivity contribution in [2.75, 3.05) is 17.7 Å². The predicted molar refractivity (Wildman–Crippen MR) is 122 cm³/mol. The molecule has 0 radical (unpaired) electrons. The number of alkyl halides is 3. The van der Waals surface area contributed by atoms with E-state index in [4.69, 9.17) is 4.74 Å². The summed E-state index contributed by atoms with van der Waals surface area (Å²) in [5.74, 6) is -0.651. The topological polar surface area (TPSA) is 111 Å². The van der Waals surface area contributed by atoms with Crippen LogP contribution in [0.25, 0.3) is 0 Å². The van der Waals surface area contributed by atoms with Crippen molar-refractivity contribution in [3.05, 3.63) is 53.9 Å². The van der Waals surface area contributed by atoms with E-state index in [0.717, 1.165) is 43.5 Å². The molecule has 0 spiro atoms. The van der Waals surface area contributed by atoms with E-state index >= 15 is 0 Å². The highest BCUT2D eigenvalue weighted by atomic mass is 32.1. The Hall–Kier alpha value is -3.32. The van der Waals surface area contributed by atoms with Crippen LogP contribution in [0.3, 0.4) is 0 Å². The summed E-state index contributed by atoms with van der Waals surface area (Å²) in [7, 11) is 1.28. The fourth-order valence-corrected chi connectivity index (χ4v) is 4.74. The molecule has 186 valence electrons. The summed E-state index contributed by atoms with van der Waals surface area (Å²) in [6, 6.07) is 9.19. The molecule has 1 unspecified atom stereocenters. The number of carbonyl (C=O) groups excluding carboxylic acids is 1. The van der Waals surface area contributed by atoms with Crippen LogP contribution in [-0.2, 0) is 9.53 Å². The molecule has 1 aromatic carbocycles. The Bertz CT molecular complexity index is 1120. The largest absolute Gasteiger partial charge is 0.573 e. The maximum atomic E-state index is 12.7. The molecular weight excluding hydrogens is 485 g/mol. The molecule has 35 heavy (non-hydrogen) atoms. The van der Waals surface area contributed by atoms with Gasteiger partial charge in [-0.15, -0.1) is 23.4 Å². The van der Waals surface area contributed by atoms with Crippen molar-refractivity contribution in [2.24, 2.45) is 0 Å². The highest BCUT2D eigenvalue weighted by Crippen LogP contribution is 2.34. The minimum Gasteiger partial charge on any atom is -0.406 e. The molecule has 1 aliphatic carbocycles. The van der Waals surface area contributed by atoms with Gasteiger partial charge in [-0.05, 0) is 55.5 Å². The van der Waals surface area contributed by atoms with Gasteiger partial charge in [0.05, 0.1) is 5.69 Å². The molecule has 13 heteroatoms. The summed E-state index contributed by atoms with van der Waals surface area (Å²) in [4.78, 5) is 12.7. The Morgan fingerprint density at radius 1 is 1.09 bits per heavy atom. The molecule has 2 heterocycles. The fourth-order valence-electron chi connectivity index (χ4n) is 4.01. The lowest BCUT2D eigenvalue weighted by Gasteiger charge is -2.28. The van der Waals surface area contributed by atoms with E-state index in [1.54, 1.807) is 6.20 Å². The first-order chi connectivity index (χ1) is 16.8. The zero-order chi connectivity index (χ0) is 24.8. The third-order valence-corrected chi connectivity index (χ3v) is 6.36. The minimum atomic E-state index is -4.84. The van der Waals surface area contributed by atoms with E-state index in [1.165, 1.54) is 30.6 Å². The van der Waals surface area contributed by atoms with Crippen LogP contribution in [0.1, 0.15) is 49.0 Å². The van der Waals surface area contributed by atoms with Gasteiger partial charge in [0.1, 0.15) is 5.75 Å². The van der Waals surface area contributed by atoms with Crippen molar-refractivity contribution in [3.63, 3.8) is 0 Å². The molecule has 0 aliphatic heterocycles. The maximum absolute atomic E-state index is 12.7. The smallest absolute Gasteiger partial charge is 0.406 e. The zero-order valence-corrected chi connectivity index (χ0v) is 19.5. The van der Waals surface area contributed by atoms with Crippen LogP contribution in [0.15, 0.2) is 42.6 Å². The van der Waals surface area contributed by atoms with Crippen molar-refractivity contribution in [3.8, 4) is 5.75 Å². The summed E-state index contributed by atoms with van der Waals surface area (Å²) in [6.45, 7) is 0. The number of nitrogens with zero attached hydrogens (tertiary/aromatic N) is 4. The molecule has 4 rings (SSSR count). The SMILES string of the molecule is COC(C(=O)Nc1nnc(NC2CCC(c3cccnn3)CC2)s1)c1cccc(OC(F)(F)F)c1. The lowest BCUT2D eigenvalue weighted by atomic mass is 9.84. The summed E-state index contributed by atoms with van der Waals surface area (Å²) in [6.07, 6.45) is -0.514. The van der Waals surface area contributed by atoms with Gasteiger partial charge in [-0.25, -0.2) is 0 Å². The van der Waals surface area contributed by atoms with Gasteiger partial charge < -0.3 is 14.8 Å². The first-order valence-electron chi connectivity index (χ1n) is 10.9. The Morgan fingerprint density at radius 3 is 2.54 bits per heavy atom. The normalized spacial score (nSPS) is 19.1. The van der Waals surface area contributed by atoms with Crippen molar-refractivity contribution in [1.29, 1.82) is 0 Å². The lowest BCUT2D eigenvalue weighted by Crippen LogP contribution is -2.25. The molecule has 1 atom stereocenters. The summed E-state index contributed by atoms with van der Waals surface area (Å²) >= 11 is 1.17. The first kappa shape index (κ1) is 24.8. The van der Waals surface area contributed by atoms with Gasteiger partial charge >= 0.3 is 6.36 Å². The Kier molecular flexibility index (Phi) is 7.76. The number of ether oxygens (including phenoxy) is 2. The number of halogens is 3. The third kappa shape index (κ3) is 6.85. The molecule has 0 saturated heterocycles. The fraction of sp³-hybridized carbons (Fsp3) is 0.409. The summed E-state index contributed by atoms with van der Waals surface area (Å²) < 4.78 is 46.7. The maximum Gasteiger partial charge on any atom is 0.573 e. The molecule has 1 saturated carbocycles. The van der Waals surface area contributed by atoms with Gasteiger partial charge in [-0.1, -0.05) is 23.5 Å². The van der Waals surface area contributed by atoms with Gasteiger partial charge in [-0.2, -0.15) is 10.2 Å². The van der Waals surface area contributed by atoms with Crippen LogP contribution in [0, 0.1) is 0 Å². The molecule has 3 aromatic rings. The Balaban J connectivity index is 1.32. The van der Waals surface area contributed by atoms with Crippen molar-refractivity contribution < 1.29 is 27.4 Å². The standard InChI is InChI=1S/C22H23F3N6O3S/c1-33-18(14-4-2-5-16(12-14)34-22(23,24)25)19(32)28-21-31-30-20(35-21)27-15-9-7-13(8-10-15)17-6-3-11-26-29-17/h2-6,11-13,15,18H,7-10H2,1H3,(H,27,30)(H,28,31,32). The number of nitrogens with one attached hydrogen (secondary N) is 2. The second-order valence-electron chi connectivity index (χ2n) is 7.98. The minimum absolute atomic E-state index is 0.203. The molecule has 1 amide bonds. The van der Waals surface area contributed by atoms with E-state index in [-0.39, 0.29) is 16.7 Å². The number of rotatable bonds is 8. The van der Waals surface area contributed by atoms with Crippen LogP contribution in [0.4, 0.5) is 23.4 Å². The second-order valence-corrected chi connectivity index (χ2v) is 8.96. The average Bonchev–Trinajstić information content (AvgIpc) is 3.26. The number of carbonyl (C=O) groups is 1. The number of hydrogen-bond donors (Lipinski definition) is 2. The van der Waals surface area contributed by atoms with E-state index < -0.39 is 24.1 Å². The quantitative estimate of drug-likeness (QED) is 0.451.